The number of nitrogens with zero attached hydrogens (tertiary/aromatic N) is 2. The fourth-order valence-corrected chi connectivity index (χ4v) is 5.46. The summed E-state index contributed by atoms with van der Waals surface area (Å²) in [7, 11) is 0. The largest absolute Gasteiger partial charge is 0.351 e. The first-order valence-corrected chi connectivity index (χ1v) is 12.3. The highest BCUT2D eigenvalue weighted by molar-refractivity contribution is 6.30. The van der Waals surface area contributed by atoms with Crippen LogP contribution in [0.4, 0.5) is 0 Å². The Morgan fingerprint density at radius 3 is 2.58 bits per heavy atom. The van der Waals surface area contributed by atoms with Crippen LogP contribution in [0.3, 0.4) is 0 Å². The molecule has 1 fully saturated rings. The van der Waals surface area contributed by atoms with Crippen LogP contribution in [0.25, 0.3) is 10.9 Å². The molecule has 1 unspecified atom stereocenters. The molecule has 1 N–H and O–H groups in total. The van der Waals surface area contributed by atoms with Crippen molar-refractivity contribution in [3.63, 3.8) is 0 Å². The SMILES string of the molecule is CC1(C(=O)NC2CCCCC2)Cn2c(cc3ccccc32)C(=O)N1CCc1ccc(Cl)cc1. The van der Waals surface area contributed by atoms with Crippen LogP contribution in [0.1, 0.15) is 55.1 Å². The number of carbonyl (C=O) groups excluding carboxylic acids is 2. The van der Waals surface area contributed by atoms with Gasteiger partial charge in [0.05, 0.1) is 6.54 Å². The third-order valence-electron chi connectivity index (χ3n) is 7.30. The van der Waals surface area contributed by atoms with Gasteiger partial charge in [-0.3, -0.25) is 9.59 Å². The molecule has 5 nitrogen and oxygen atoms in total. The first-order valence-electron chi connectivity index (χ1n) is 11.9. The van der Waals surface area contributed by atoms with E-state index in [4.69, 9.17) is 11.6 Å². The van der Waals surface area contributed by atoms with Gasteiger partial charge >= 0.3 is 0 Å². The molecule has 3 aromatic rings. The van der Waals surface area contributed by atoms with Crippen molar-refractivity contribution >= 4 is 34.3 Å². The van der Waals surface area contributed by atoms with Gasteiger partial charge in [0.25, 0.3) is 5.91 Å². The Balaban J connectivity index is 1.48. The molecule has 33 heavy (non-hydrogen) atoms. The number of fused-ring (bicyclic) bond motifs is 3. The van der Waals surface area contributed by atoms with E-state index in [0.29, 0.717) is 30.2 Å². The van der Waals surface area contributed by atoms with Gasteiger partial charge < -0.3 is 14.8 Å². The summed E-state index contributed by atoms with van der Waals surface area (Å²) in [6.07, 6.45) is 6.21. The minimum Gasteiger partial charge on any atom is -0.351 e. The number of rotatable bonds is 5. The summed E-state index contributed by atoms with van der Waals surface area (Å²) in [6.45, 7) is 2.83. The van der Waals surface area contributed by atoms with Gasteiger partial charge in [0, 0.05) is 28.5 Å². The van der Waals surface area contributed by atoms with E-state index < -0.39 is 5.54 Å². The van der Waals surface area contributed by atoms with Crippen molar-refractivity contribution in [1.82, 2.24) is 14.8 Å². The van der Waals surface area contributed by atoms with Crippen LogP contribution in [0, 0.1) is 0 Å². The zero-order valence-corrected chi connectivity index (χ0v) is 19.8. The highest BCUT2D eigenvalue weighted by Crippen LogP contribution is 2.33. The van der Waals surface area contributed by atoms with Gasteiger partial charge in [0.15, 0.2) is 0 Å². The molecule has 6 heteroatoms. The molecule has 0 spiro atoms. The number of aromatic nitrogens is 1. The number of nitrogens with one attached hydrogen (secondary N) is 1. The lowest BCUT2D eigenvalue weighted by atomic mass is 9.91. The van der Waals surface area contributed by atoms with E-state index in [1.54, 1.807) is 4.90 Å². The molecule has 0 radical (unpaired) electrons. The Morgan fingerprint density at radius 1 is 1.09 bits per heavy atom. The Labute approximate surface area is 199 Å². The zero-order valence-electron chi connectivity index (χ0n) is 19.0. The number of hydrogen-bond donors (Lipinski definition) is 1. The van der Waals surface area contributed by atoms with Crippen LogP contribution in [0.5, 0.6) is 0 Å². The molecule has 2 aromatic carbocycles. The number of hydrogen-bond acceptors (Lipinski definition) is 2. The van der Waals surface area contributed by atoms with Gasteiger partial charge in [-0.2, -0.15) is 0 Å². The Kier molecular flexibility index (Phi) is 5.92. The quantitative estimate of drug-likeness (QED) is 0.565. The maximum atomic E-state index is 13.8. The molecule has 0 saturated heterocycles. The van der Waals surface area contributed by atoms with Crippen LogP contribution in [0.2, 0.25) is 5.02 Å². The van der Waals surface area contributed by atoms with Gasteiger partial charge in [-0.05, 0) is 56.0 Å². The fraction of sp³-hybridized carbons (Fsp3) is 0.407. The van der Waals surface area contributed by atoms with E-state index in [-0.39, 0.29) is 17.9 Å². The minimum atomic E-state index is -0.963. The molecule has 2 aliphatic rings. The molecular weight excluding hydrogens is 434 g/mol. The normalized spacial score (nSPS) is 21.3. The third kappa shape index (κ3) is 4.15. The molecule has 5 rings (SSSR count). The number of para-hydroxylation sites is 1. The highest BCUT2D eigenvalue weighted by Gasteiger charge is 2.47. The molecule has 1 aromatic heterocycles. The van der Waals surface area contributed by atoms with E-state index in [9.17, 15) is 9.59 Å². The third-order valence-corrected chi connectivity index (χ3v) is 7.56. The number of carbonyl (C=O) groups is 2. The van der Waals surface area contributed by atoms with Crippen LogP contribution in [0.15, 0.2) is 54.6 Å². The summed E-state index contributed by atoms with van der Waals surface area (Å²) in [6, 6.07) is 17.8. The summed E-state index contributed by atoms with van der Waals surface area (Å²) in [4.78, 5) is 29.3. The topological polar surface area (TPSA) is 54.3 Å². The Hall–Kier alpha value is -2.79. The van der Waals surface area contributed by atoms with E-state index in [2.05, 4.69) is 5.32 Å². The molecule has 1 aliphatic carbocycles. The van der Waals surface area contributed by atoms with Gasteiger partial charge in [-0.15, -0.1) is 0 Å². The summed E-state index contributed by atoms with van der Waals surface area (Å²) >= 11 is 6.04. The van der Waals surface area contributed by atoms with E-state index >= 15 is 0 Å². The van der Waals surface area contributed by atoms with E-state index in [1.807, 2.05) is 66.1 Å². The lowest BCUT2D eigenvalue weighted by Crippen LogP contribution is -2.65. The molecule has 1 aliphatic heterocycles. The van der Waals surface area contributed by atoms with Crippen molar-refractivity contribution in [1.29, 1.82) is 0 Å². The number of amides is 2. The second-order valence-corrected chi connectivity index (χ2v) is 10.0. The summed E-state index contributed by atoms with van der Waals surface area (Å²) < 4.78 is 2.02. The summed E-state index contributed by atoms with van der Waals surface area (Å²) in [5.41, 5.74) is 1.77. The van der Waals surface area contributed by atoms with Gasteiger partial charge in [-0.25, -0.2) is 0 Å². The Morgan fingerprint density at radius 2 is 1.82 bits per heavy atom. The van der Waals surface area contributed by atoms with Crippen LogP contribution >= 0.6 is 11.6 Å². The molecule has 2 amide bonds. The van der Waals surface area contributed by atoms with Crippen LogP contribution < -0.4 is 5.32 Å². The Bertz CT molecular complexity index is 1180. The van der Waals surface area contributed by atoms with Crippen LogP contribution in [-0.4, -0.2) is 39.4 Å². The first kappa shape index (κ1) is 22.0. The molecule has 1 saturated carbocycles. The van der Waals surface area contributed by atoms with Gasteiger partial charge in [-0.1, -0.05) is 61.2 Å². The first-order chi connectivity index (χ1) is 16.0. The van der Waals surface area contributed by atoms with Crippen LogP contribution in [-0.2, 0) is 17.8 Å². The molecule has 1 atom stereocenters. The standard InChI is InChI=1S/C27H30ClN3O2/c1-27(26(33)29-22-8-3-2-4-9-22)18-30-23-10-6-5-7-20(23)17-24(30)25(32)31(27)16-15-19-11-13-21(28)14-12-19/h5-7,10-14,17,22H,2-4,8-9,15-16,18H2,1H3,(H,29,33). The van der Waals surface area contributed by atoms with Gasteiger partial charge in [0.1, 0.15) is 11.2 Å². The number of benzene rings is 2. The molecule has 0 bridgehead atoms. The predicted molar refractivity (Wildman–Crippen MR) is 132 cm³/mol. The lowest BCUT2D eigenvalue weighted by molar-refractivity contribution is -0.133. The van der Waals surface area contributed by atoms with Crippen molar-refractivity contribution in [2.24, 2.45) is 0 Å². The molecule has 172 valence electrons. The molecule has 2 heterocycles. The van der Waals surface area contributed by atoms with Crippen molar-refractivity contribution in [2.45, 2.75) is 63.6 Å². The summed E-state index contributed by atoms with van der Waals surface area (Å²) in [5, 5.41) is 5.01. The van der Waals surface area contributed by atoms with Crippen molar-refractivity contribution < 1.29 is 9.59 Å². The summed E-state index contributed by atoms with van der Waals surface area (Å²) in [5.74, 6) is -0.144. The predicted octanol–water partition coefficient (Wildman–Crippen LogP) is 5.20. The van der Waals surface area contributed by atoms with E-state index in [1.165, 1.54) is 6.42 Å². The molecular formula is C27H30ClN3O2. The zero-order chi connectivity index (χ0) is 23.0. The maximum Gasteiger partial charge on any atom is 0.271 e. The van der Waals surface area contributed by atoms with Crippen molar-refractivity contribution in [3.05, 3.63) is 70.9 Å². The van der Waals surface area contributed by atoms with E-state index in [0.717, 1.165) is 42.1 Å². The average molecular weight is 464 g/mol. The number of halogens is 1. The second-order valence-electron chi connectivity index (χ2n) is 9.59. The smallest absolute Gasteiger partial charge is 0.271 e. The minimum absolute atomic E-state index is 0.0534. The van der Waals surface area contributed by atoms with Crippen molar-refractivity contribution in [2.75, 3.05) is 6.54 Å². The lowest BCUT2D eigenvalue weighted by Gasteiger charge is -2.45. The fourth-order valence-electron chi connectivity index (χ4n) is 5.34. The van der Waals surface area contributed by atoms with Crippen molar-refractivity contribution in [3.8, 4) is 0 Å². The maximum absolute atomic E-state index is 13.8. The van der Waals surface area contributed by atoms with Gasteiger partial charge in [0.2, 0.25) is 5.91 Å². The average Bonchev–Trinajstić information content (AvgIpc) is 3.19. The second kappa shape index (κ2) is 8.86. The monoisotopic (exact) mass is 463 g/mol. The highest BCUT2D eigenvalue weighted by atomic mass is 35.5.